The fraction of sp³-hybridized carbons (Fsp3) is 0.533. The summed E-state index contributed by atoms with van der Waals surface area (Å²) in [6.07, 6.45) is 2.41. The number of rotatable bonds is 5. The highest BCUT2D eigenvalue weighted by Crippen LogP contribution is 2.14. The minimum atomic E-state index is 0.123. The minimum Gasteiger partial charge on any atom is -0.399 e. The molecule has 1 aliphatic heterocycles. The van der Waals surface area contributed by atoms with Crippen LogP contribution in [0.25, 0.3) is 0 Å². The fourth-order valence-electron chi connectivity index (χ4n) is 2.55. The Balaban J connectivity index is 1.69. The van der Waals surface area contributed by atoms with Gasteiger partial charge in [-0.3, -0.25) is 4.79 Å². The molecule has 1 aromatic carbocycles. The molecule has 0 saturated carbocycles. The van der Waals surface area contributed by atoms with Crippen molar-refractivity contribution in [1.82, 2.24) is 10.2 Å². The van der Waals surface area contributed by atoms with Crippen LogP contribution in [0.15, 0.2) is 24.3 Å². The predicted molar refractivity (Wildman–Crippen MR) is 77.8 cm³/mol. The van der Waals surface area contributed by atoms with Crippen molar-refractivity contribution in [2.75, 3.05) is 32.4 Å². The Morgan fingerprint density at radius 1 is 1.47 bits per heavy atom. The van der Waals surface area contributed by atoms with Crippen molar-refractivity contribution >= 4 is 11.6 Å². The molecule has 19 heavy (non-hydrogen) atoms. The van der Waals surface area contributed by atoms with E-state index in [9.17, 15) is 4.79 Å². The average molecular weight is 261 g/mol. The Labute approximate surface area is 115 Å². The van der Waals surface area contributed by atoms with Crippen LogP contribution in [0, 0.1) is 5.92 Å². The molecule has 0 radical (unpaired) electrons. The zero-order valence-electron chi connectivity index (χ0n) is 11.6. The van der Waals surface area contributed by atoms with E-state index in [0.29, 0.717) is 18.8 Å². The van der Waals surface area contributed by atoms with Crippen molar-refractivity contribution < 1.29 is 4.79 Å². The molecule has 4 heteroatoms. The average Bonchev–Trinajstić information content (AvgIpc) is 2.81. The van der Waals surface area contributed by atoms with Gasteiger partial charge in [0.1, 0.15) is 0 Å². The highest BCUT2D eigenvalue weighted by Gasteiger charge is 2.19. The number of hydrogen-bond donors (Lipinski definition) is 2. The van der Waals surface area contributed by atoms with E-state index in [1.165, 1.54) is 6.42 Å². The first-order valence-corrected chi connectivity index (χ1v) is 6.94. The third-order valence-corrected chi connectivity index (χ3v) is 3.75. The molecule has 4 nitrogen and oxygen atoms in total. The second-order valence-electron chi connectivity index (χ2n) is 5.42. The number of nitrogen functional groups attached to an aromatic ring is 1. The number of nitrogens with two attached hydrogens (primary N) is 1. The molecule has 1 heterocycles. The molecule has 0 aromatic heterocycles. The van der Waals surface area contributed by atoms with Gasteiger partial charge in [-0.2, -0.15) is 0 Å². The van der Waals surface area contributed by atoms with Crippen molar-refractivity contribution in [3.05, 3.63) is 29.8 Å². The summed E-state index contributed by atoms with van der Waals surface area (Å²) in [5.41, 5.74) is 7.68. The lowest BCUT2D eigenvalue weighted by molar-refractivity contribution is -0.121. The predicted octanol–water partition coefficient (Wildman–Crippen LogP) is 1.27. The summed E-state index contributed by atoms with van der Waals surface area (Å²) in [5, 5.41) is 3.03. The molecule has 1 aromatic rings. The number of nitrogens with zero attached hydrogens (tertiary/aromatic N) is 1. The quantitative estimate of drug-likeness (QED) is 0.785. The Bertz CT molecular complexity index is 433. The lowest BCUT2D eigenvalue weighted by atomic mass is 10.1. The van der Waals surface area contributed by atoms with Gasteiger partial charge in [-0.05, 0) is 44.0 Å². The molecule has 1 aliphatic rings. The van der Waals surface area contributed by atoms with E-state index in [1.807, 2.05) is 24.3 Å². The van der Waals surface area contributed by atoms with E-state index in [4.69, 9.17) is 5.73 Å². The molecule has 1 saturated heterocycles. The van der Waals surface area contributed by atoms with Gasteiger partial charge in [0.05, 0.1) is 0 Å². The van der Waals surface area contributed by atoms with E-state index < -0.39 is 0 Å². The molecule has 2 rings (SSSR count). The van der Waals surface area contributed by atoms with Crippen LogP contribution < -0.4 is 11.1 Å². The van der Waals surface area contributed by atoms with Crippen LogP contribution in [0.5, 0.6) is 0 Å². The van der Waals surface area contributed by atoms with E-state index in [2.05, 4.69) is 17.3 Å². The van der Waals surface area contributed by atoms with Crippen LogP contribution in [-0.4, -0.2) is 37.5 Å². The summed E-state index contributed by atoms with van der Waals surface area (Å²) in [4.78, 5) is 14.1. The molecule has 104 valence electrons. The van der Waals surface area contributed by atoms with Crippen molar-refractivity contribution in [3.8, 4) is 0 Å². The number of carbonyl (C=O) groups is 1. The largest absolute Gasteiger partial charge is 0.399 e. The van der Waals surface area contributed by atoms with Gasteiger partial charge in [-0.15, -0.1) is 0 Å². The highest BCUT2D eigenvalue weighted by atomic mass is 16.1. The minimum absolute atomic E-state index is 0.123. The molecule has 0 bridgehead atoms. The Hall–Kier alpha value is -1.55. The second-order valence-corrected chi connectivity index (χ2v) is 5.42. The summed E-state index contributed by atoms with van der Waals surface area (Å²) in [7, 11) is 2.13. The SMILES string of the molecule is CN1CCC(CNC(=O)CCc2ccccc2N)C1. The molecule has 1 amide bonds. The number of para-hydroxylation sites is 1. The first-order chi connectivity index (χ1) is 9.15. The van der Waals surface area contributed by atoms with E-state index >= 15 is 0 Å². The smallest absolute Gasteiger partial charge is 0.220 e. The summed E-state index contributed by atoms with van der Waals surface area (Å²) >= 11 is 0. The topological polar surface area (TPSA) is 58.4 Å². The number of benzene rings is 1. The molecule has 1 fully saturated rings. The number of carbonyl (C=O) groups excluding carboxylic acids is 1. The lowest BCUT2D eigenvalue weighted by Gasteiger charge is -2.12. The van der Waals surface area contributed by atoms with Crippen LogP contribution in [0.1, 0.15) is 18.4 Å². The van der Waals surface area contributed by atoms with Crippen LogP contribution in [0.2, 0.25) is 0 Å². The van der Waals surface area contributed by atoms with Gasteiger partial charge in [0.15, 0.2) is 0 Å². The van der Waals surface area contributed by atoms with Crippen LogP contribution in [0.3, 0.4) is 0 Å². The van der Waals surface area contributed by atoms with Crippen LogP contribution in [0.4, 0.5) is 5.69 Å². The van der Waals surface area contributed by atoms with Gasteiger partial charge in [-0.25, -0.2) is 0 Å². The maximum absolute atomic E-state index is 11.8. The Morgan fingerprint density at radius 2 is 2.26 bits per heavy atom. The van der Waals surface area contributed by atoms with Gasteiger partial charge in [-0.1, -0.05) is 18.2 Å². The van der Waals surface area contributed by atoms with E-state index in [-0.39, 0.29) is 5.91 Å². The highest BCUT2D eigenvalue weighted by molar-refractivity contribution is 5.76. The van der Waals surface area contributed by atoms with Gasteiger partial charge in [0.25, 0.3) is 0 Å². The zero-order valence-corrected chi connectivity index (χ0v) is 11.6. The van der Waals surface area contributed by atoms with Crippen LogP contribution >= 0.6 is 0 Å². The van der Waals surface area contributed by atoms with Crippen molar-refractivity contribution in [3.63, 3.8) is 0 Å². The molecule has 3 N–H and O–H groups in total. The molecule has 0 aliphatic carbocycles. The van der Waals surface area contributed by atoms with Crippen LogP contribution in [-0.2, 0) is 11.2 Å². The maximum atomic E-state index is 11.8. The standard InChI is InChI=1S/C15H23N3O/c1-18-9-8-12(11-18)10-17-15(19)7-6-13-4-2-3-5-14(13)16/h2-5,12H,6-11,16H2,1H3,(H,17,19). The number of likely N-dealkylation sites (tertiary alicyclic amines) is 1. The fourth-order valence-corrected chi connectivity index (χ4v) is 2.55. The number of amides is 1. The first kappa shape index (κ1) is 13.9. The third kappa shape index (κ3) is 4.24. The number of aryl methyl sites for hydroxylation is 1. The number of hydrogen-bond acceptors (Lipinski definition) is 3. The lowest BCUT2D eigenvalue weighted by Crippen LogP contribution is -2.30. The zero-order chi connectivity index (χ0) is 13.7. The van der Waals surface area contributed by atoms with Gasteiger partial charge < -0.3 is 16.0 Å². The number of anilines is 1. The summed E-state index contributed by atoms with van der Waals surface area (Å²) in [6.45, 7) is 3.03. The van der Waals surface area contributed by atoms with E-state index in [0.717, 1.165) is 30.9 Å². The molecular weight excluding hydrogens is 238 g/mol. The van der Waals surface area contributed by atoms with Crippen molar-refractivity contribution in [2.24, 2.45) is 5.92 Å². The summed E-state index contributed by atoms with van der Waals surface area (Å²) in [5.74, 6) is 0.730. The first-order valence-electron chi connectivity index (χ1n) is 6.94. The summed E-state index contributed by atoms with van der Waals surface area (Å²) < 4.78 is 0. The monoisotopic (exact) mass is 261 g/mol. The Kier molecular flexibility index (Phi) is 4.80. The normalized spacial score (nSPS) is 19.5. The number of nitrogens with one attached hydrogen (secondary N) is 1. The molecule has 1 unspecified atom stereocenters. The van der Waals surface area contributed by atoms with Gasteiger partial charge in [0.2, 0.25) is 5.91 Å². The molecular formula is C15H23N3O. The van der Waals surface area contributed by atoms with Crippen molar-refractivity contribution in [1.29, 1.82) is 0 Å². The summed E-state index contributed by atoms with van der Waals surface area (Å²) in [6, 6.07) is 7.73. The molecule has 1 atom stereocenters. The van der Waals surface area contributed by atoms with Crippen molar-refractivity contribution in [2.45, 2.75) is 19.3 Å². The maximum Gasteiger partial charge on any atom is 0.220 e. The van der Waals surface area contributed by atoms with Gasteiger partial charge in [0, 0.05) is 25.2 Å². The third-order valence-electron chi connectivity index (χ3n) is 3.75. The molecule has 0 spiro atoms. The van der Waals surface area contributed by atoms with E-state index in [1.54, 1.807) is 0 Å². The van der Waals surface area contributed by atoms with Gasteiger partial charge >= 0.3 is 0 Å². The Morgan fingerprint density at radius 3 is 2.95 bits per heavy atom. The second kappa shape index (κ2) is 6.57.